The number of nitrogens with zero attached hydrogens (tertiary/aromatic N) is 4. The molecule has 1 aromatic rings. The zero-order valence-electron chi connectivity index (χ0n) is 11.2. The smallest absolute Gasteiger partial charge is 0.150 e. The van der Waals surface area contributed by atoms with E-state index >= 15 is 0 Å². The van der Waals surface area contributed by atoms with E-state index in [-0.39, 0.29) is 6.04 Å². The molecule has 5 heteroatoms. The molecule has 2 rings (SSSR count). The van der Waals surface area contributed by atoms with Gasteiger partial charge in [0.2, 0.25) is 0 Å². The fraction of sp³-hybridized carbons (Fsp3) is 0.769. The van der Waals surface area contributed by atoms with Crippen LogP contribution >= 0.6 is 0 Å². The SMILES string of the molecule is CCc1nc(CC)n(CCC(C#N)NC2CC2)n1. The van der Waals surface area contributed by atoms with E-state index in [0.29, 0.717) is 6.04 Å². The molecule has 0 bridgehead atoms. The first-order chi connectivity index (χ1) is 8.76. The highest BCUT2D eigenvalue weighted by atomic mass is 15.3. The molecule has 5 nitrogen and oxygen atoms in total. The molecule has 1 saturated carbocycles. The van der Waals surface area contributed by atoms with Crippen LogP contribution in [0.25, 0.3) is 0 Å². The van der Waals surface area contributed by atoms with Crippen molar-refractivity contribution in [2.24, 2.45) is 0 Å². The topological polar surface area (TPSA) is 66.5 Å². The molecule has 0 amide bonds. The molecule has 1 N–H and O–H groups in total. The van der Waals surface area contributed by atoms with E-state index in [1.54, 1.807) is 0 Å². The number of nitriles is 1. The monoisotopic (exact) mass is 247 g/mol. The first kappa shape index (κ1) is 13.0. The molecule has 0 radical (unpaired) electrons. The van der Waals surface area contributed by atoms with Gasteiger partial charge in [0.15, 0.2) is 5.82 Å². The van der Waals surface area contributed by atoms with Gasteiger partial charge < -0.3 is 0 Å². The molecule has 1 aliphatic carbocycles. The Kier molecular flexibility index (Phi) is 4.32. The quantitative estimate of drug-likeness (QED) is 0.791. The summed E-state index contributed by atoms with van der Waals surface area (Å²) >= 11 is 0. The third kappa shape index (κ3) is 3.30. The van der Waals surface area contributed by atoms with Gasteiger partial charge in [0.1, 0.15) is 5.82 Å². The summed E-state index contributed by atoms with van der Waals surface area (Å²) in [6.45, 7) is 4.92. The van der Waals surface area contributed by atoms with Crippen LogP contribution in [-0.2, 0) is 19.4 Å². The zero-order chi connectivity index (χ0) is 13.0. The van der Waals surface area contributed by atoms with Crippen molar-refractivity contribution in [3.05, 3.63) is 11.6 Å². The molecule has 1 unspecified atom stereocenters. The molecular weight excluding hydrogens is 226 g/mol. The van der Waals surface area contributed by atoms with Gasteiger partial charge in [-0.2, -0.15) is 10.4 Å². The number of aryl methyl sites for hydroxylation is 3. The maximum absolute atomic E-state index is 9.10. The van der Waals surface area contributed by atoms with Crippen LogP contribution in [0.5, 0.6) is 0 Å². The van der Waals surface area contributed by atoms with Crippen molar-refractivity contribution in [1.82, 2.24) is 20.1 Å². The number of aromatic nitrogens is 3. The van der Waals surface area contributed by atoms with E-state index in [4.69, 9.17) is 5.26 Å². The second-order valence-electron chi connectivity index (χ2n) is 4.79. The van der Waals surface area contributed by atoms with Crippen LogP contribution in [0.1, 0.15) is 44.8 Å². The van der Waals surface area contributed by atoms with E-state index in [0.717, 1.165) is 37.5 Å². The Morgan fingerprint density at radius 2 is 2.22 bits per heavy atom. The first-order valence-electron chi connectivity index (χ1n) is 6.85. The Morgan fingerprint density at radius 3 is 2.78 bits per heavy atom. The Morgan fingerprint density at radius 1 is 1.44 bits per heavy atom. The largest absolute Gasteiger partial charge is 0.299 e. The maximum atomic E-state index is 9.10. The van der Waals surface area contributed by atoms with Gasteiger partial charge >= 0.3 is 0 Å². The summed E-state index contributed by atoms with van der Waals surface area (Å²) in [7, 11) is 0. The maximum Gasteiger partial charge on any atom is 0.150 e. The minimum atomic E-state index is -0.0588. The van der Waals surface area contributed by atoms with Crippen molar-refractivity contribution in [2.75, 3.05) is 0 Å². The van der Waals surface area contributed by atoms with Gasteiger partial charge in [-0.15, -0.1) is 0 Å². The average molecular weight is 247 g/mol. The van der Waals surface area contributed by atoms with E-state index in [1.807, 2.05) is 4.68 Å². The number of rotatable bonds is 7. The van der Waals surface area contributed by atoms with Crippen molar-refractivity contribution < 1.29 is 0 Å². The Balaban J connectivity index is 1.91. The molecule has 1 fully saturated rings. The van der Waals surface area contributed by atoms with E-state index in [1.165, 1.54) is 12.8 Å². The van der Waals surface area contributed by atoms with Crippen molar-refractivity contribution >= 4 is 0 Å². The van der Waals surface area contributed by atoms with Gasteiger partial charge in [-0.25, -0.2) is 9.67 Å². The lowest BCUT2D eigenvalue weighted by molar-refractivity contribution is 0.479. The molecule has 0 spiro atoms. The summed E-state index contributed by atoms with van der Waals surface area (Å²) in [5.74, 6) is 1.92. The van der Waals surface area contributed by atoms with Crippen LogP contribution in [-0.4, -0.2) is 26.8 Å². The molecular formula is C13H21N5. The molecule has 1 atom stereocenters. The predicted molar refractivity (Wildman–Crippen MR) is 69.0 cm³/mol. The predicted octanol–water partition coefficient (Wildman–Crippen LogP) is 1.44. The fourth-order valence-electron chi connectivity index (χ4n) is 1.99. The van der Waals surface area contributed by atoms with Gasteiger partial charge in [-0.05, 0) is 19.3 Å². The third-order valence-corrected chi connectivity index (χ3v) is 3.22. The van der Waals surface area contributed by atoms with Gasteiger partial charge in [0.25, 0.3) is 0 Å². The van der Waals surface area contributed by atoms with Crippen molar-refractivity contribution in [2.45, 2.75) is 64.6 Å². The van der Waals surface area contributed by atoms with Crippen LogP contribution < -0.4 is 5.32 Å². The highest BCUT2D eigenvalue weighted by Gasteiger charge is 2.24. The molecule has 0 aromatic carbocycles. The molecule has 98 valence electrons. The summed E-state index contributed by atoms with van der Waals surface area (Å²) in [5, 5.41) is 16.9. The molecule has 1 aliphatic rings. The van der Waals surface area contributed by atoms with Crippen molar-refractivity contribution in [3.63, 3.8) is 0 Å². The number of hydrogen-bond acceptors (Lipinski definition) is 4. The van der Waals surface area contributed by atoms with Gasteiger partial charge in [-0.3, -0.25) is 5.32 Å². The lowest BCUT2D eigenvalue weighted by Gasteiger charge is -2.11. The second-order valence-corrected chi connectivity index (χ2v) is 4.79. The molecule has 18 heavy (non-hydrogen) atoms. The minimum Gasteiger partial charge on any atom is -0.299 e. The summed E-state index contributed by atoms with van der Waals surface area (Å²) in [4.78, 5) is 4.47. The first-order valence-corrected chi connectivity index (χ1v) is 6.85. The molecule has 1 aromatic heterocycles. The lowest BCUT2D eigenvalue weighted by Crippen LogP contribution is -2.30. The second kappa shape index (κ2) is 5.96. The van der Waals surface area contributed by atoms with Gasteiger partial charge in [0, 0.05) is 25.4 Å². The van der Waals surface area contributed by atoms with Crippen LogP contribution in [0.2, 0.25) is 0 Å². The van der Waals surface area contributed by atoms with E-state index in [2.05, 4.69) is 35.3 Å². The Labute approximate surface area is 108 Å². The van der Waals surface area contributed by atoms with Crippen LogP contribution in [0.3, 0.4) is 0 Å². The van der Waals surface area contributed by atoms with Gasteiger partial charge in [-0.1, -0.05) is 13.8 Å². The fourth-order valence-corrected chi connectivity index (χ4v) is 1.99. The summed E-state index contributed by atoms with van der Waals surface area (Å²) in [6, 6.07) is 2.84. The van der Waals surface area contributed by atoms with Crippen LogP contribution in [0, 0.1) is 11.3 Å². The van der Waals surface area contributed by atoms with Crippen LogP contribution in [0.4, 0.5) is 0 Å². The van der Waals surface area contributed by atoms with Crippen molar-refractivity contribution in [1.29, 1.82) is 5.26 Å². The summed E-state index contributed by atoms with van der Waals surface area (Å²) < 4.78 is 1.96. The lowest BCUT2D eigenvalue weighted by atomic mass is 10.2. The number of hydrogen-bond donors (Lipinski definition) is 1. The minimum absolute atomic E-state index is 0.0588. The van der Waals surface area contributed by atoms with E-state index < -0.39 is 0 Å². The highest BCUT2D eigenvalue weighted by molar-refractivity contribution is 4.97. The summed E-state index contributed by atoms with van der Waals surface area (Å²) in [6.07, 6.45) is 4.97. The van der Waals surface area contributed by atoms with E-state index in [9.17, 15) is 0 Å². The standard InChI is InChI=1S/C13H21N5/c1-3-12-16-13(4-2)18(17-12)8-7-11(9-14)15-10-5-6-10/h10-11,15H,3-8H2,1-2H3. The molecule has 0 saturated heterocycles. The third-order valence-electron chi connectivity index (χ3n) is 3.22. The Bertz CT molecular complexity index is 427. The molecule has 0 aliphatic heterocycles. The molecule has 1 heterocycles. The number of nitrogens with one attached hydrogen (secondary N) is 1. The van der Waals surface area contributed by atoms with Gasteiger partial charge in [0.05, 0.1) is 12.1 Å². The average Bonchev–Trinajstić information content (AvgIpc) is 3.12. The zero-order valence-corrected chi connectivity index (χ0v) is 11.2. The van der Waals surface area contributed by atoms with Crippen molar-refractivity contribution in [3.8, 4) is 6.07 Å². The van der Waals surface area contributed by atoms with Crippen LogP contribution in [0.15, 0.2) is 0 Å². The normalized spacial score (nSPS) is 16.5. The highest BCUT2D eigenvalue weighted by Crippen LogP contribution is 2.20. The Hall–Kier alpha value is -1.41. The summed E-state index contributed by atoms with van der Waals surface area (Å²) in [5.41, 5.74) is 0.